The third-order valence-electron chi connectivity index (χ3n) is 4.33. The molecule has 0 radical (unpaired) electrons. The van der Waals surface area contributed by atoms with Crippen molar-refractivity contribution in [1.29, 1.82) is 0 Å². The van der Waals surface area contributed by atoms with Crippen LogP contribution in [0.5, 0.6) is 0 Å². The highest BCUT2D eigenvalue weighted by molar-refractivity contribution is 6.40. The number of esters is 1. The van der Waals surface area contributed by atoms with Gasteiger partial charge in [-0.3, -0.25) is 9.80 Å². The van der Waals surface area contributed by atoms with Crippen LogP contribution in [0, 0.1) is 0 Å². The predicted molar refractivity (Wildman–Crippen MR) is 90.7 cm³/mol. The molecule has 9 heteroatoms. The van der Waals surface area contributed by atoms with Gasteiger partial charge in [-0.1, -0.05) is 18.2 Å². The average Bonchev–Trinajstić information content (AvgIpc) is 3.13. The lowest BCUT2D eigenvalue weighted by atomic mass is 10.1. The fourth-order valence-electron chi connectivity index (χ4n) is 2.99. The van der Waals surface area contributed by atoms with E-state index in [0.717, 1.165) is 0 Å². The zero-order chi connectivity index (χ0) is 18.7. The van der Waals surface area contributed by atoms with Crippen molar-refractivity contribution in [2.24, 2.45) is 5.10 Å². The number of hydrazone groups is 1. The summed E-state index contributed by atoms with van der Waals surface area (Å²) < 4.78 is 9.98. The molecule has 0 aromatic heterocycles. The predicted octanol–water partition coefficient (Wildman–Crippen LogP) is 0.106. The summed E-state index contributed by atoms with van der Waals surface area (Å²) in [5.74, 6) is -2.13. The molecule has 2 atom stereocenters. The van der Waals surface area contributed by atoms with E-state index in [1.165, 1.54) is 17.0 Å². The number of hydrogen-bond donors (Lipinski definition) is 1. The van der Waals surface area contributed by atoms with E-state index in [2.05, 4.69) is 5.10 Å². The molecule has 0 bridgehead atoms. The van der Waals surface area contributed by atoms with Crippen molar-refractivity contribution in [3.05, 3.63) is 30.3 Å². The number of ether oxygens (including phenoxy) is 2. The molecule has 2 unspecified atom stereocenters. The van der Waals surface area contributed by atoms with E-state index < -0.39 is 29.9 Å². The van der Waals surface area contributed by atoms with Crippen LogP contribution < -0.4 is 5.01 Å². The summed E-state index contributed by atoms with van der Waals surface area (Å²) in [6, 6.07) is 6.93. The summed E-state index contributed by atoms with van der Waals surface area (Å²) in [4.78, 5) is 37.8. The highest BCUT2D eigenvalue weighted by Gasteiger charge is 2.41. The third-order valence-corrected chi connectivity index (χ3v) is 4.33. The number of carbonyl (C=O) groups excluding carboxylic acids is 2. The van der Waals surface area contributed by atoms with Gasteiger partial charge in [0.25, 0.3) is 5.91 Å². The van der Waals surface area contributed by atoms with Crippen LogP contribution in [0.4, 0.5) is 5.69 Å². The fraction of sp³-hybridized carbons (Fsp3) is 0.412. The Hall–Kier alpha value is -2.94. The Bertz CT molecular complexity index is 735. The summed E-state index contributed by atoms with van der Waals surface area (Å²) in [6.07, 6.45) is -0.0473. The average molecular weight is 361 g/mol. The molecule has 0 saturated carbocycles. The van der Waals surface area contributed by atoms with Crippen molar-refractivity contribution in [1.82, 2.24) is 4.90 Å². The van der Waals surface area contributed by atoms with Crippen LogP contribution in [0.2, 0.25) is 0 Å². The maximum Gasteiger partial charge on any atom is 0.331 e. The molecule has 138 valence electrons. The Morgan fingerprint density at radius 3 is 2.62 bits per heavy atom. The molecule has 1 saturated heterocycles. The number of methoxy groups -OCH3 is 1. The molecular formula is C17H19N3O6. The molecule has 1 aromatic carbocycles. The molecule has 3 rings (SSSR count). The summed E-state index contributed by atoms with van der Waals surface area (Å²) in [6.45, 7) is 0.536. The molecule has 26 heavy (non-hydrogen) atoms. The van der Waals surface area contributed by atoms with Crippen LogP contribution in [0.1, 0.15) is 6.42 Å². The summed E-state index contributed by atoms with van der Waals surface area (Å²) in [5, 5.41) is 15.1. The SMILES string of the molecule is COC(=O)C1COCCN1C(=O)C1=NN(c2ccccc2)C(C(=O)O)C1. The zero-order valence-electron chi connectivity index (χ0n) is 14.2. The van der Waals surface area contributed by atoms with E-state index in [1.54, 1.807) is 30.3 Å². The summed E-state index contributed by atoms with van der Waals surface area (Å²) in [5.41, 5.74) is 0.672. The minimum absolute atomic E-state index is 0.0381. The third kappa shape index (κ3) is 3.38. The zero-order valence-corrected chi connectivity index (χ0v) is 14.2. The monoisotopic (exact) mass is 361 g/mol. The number of hydrogen-bond acceptors (Lipinski definition) is 7. The van der Waals surface area contributed by atoms with Crippen molar-refractivity contribution in [2.45, 2.75) is 18.5 Å². The van der Waals surface area contributed by atoms with E-state index in [-0.39, 0.29) is 31.9 Å². The first kappa shape index (κ1) is 17.9. The van der Waals surface area contributed by atoms with Crippen LogP contribution in [-0.2, 0) is 23.9 Å². The number of carboxylic acid groups (broad SMARTS) is 1. The molecule has 2 aliphatic rings. The van der Waals surface area contributed by atoms with Gasteiger partial charge in [0.2, 0.25) is 0 Å². The standard InChI is InChI=1S/C17H19N3O6/c1-25-17(24)14-10-26-8-7-19(14)15(21)12-9-13(16(22)23)20(18-12)11-5-3-2-4-6-11/h2-6,13-14H,7-10H2,1H3,(H,22,23). The maximum absolute atomic E-state index is 12.9. The number of nitrogens with zero attached hydrogens (tertiary/aromatic N) is 3. The topological polar surface area (TPSA) is 109 Å². The second-order valence-electron chi connectivity index (χ2n) is 5.90. The highest BCUT2D eigenvalue weighted by atomic mass is 16.5. The van der Waals surface area contributed by atoms with E-state index >= 15 is 0 Å². The molecule has 0 spiro atoms. The Morgan fingerprint density at radius 1 is 1.23 bits per heavy atom. The first-order chi connectivity index (χ1) is 12.5. The number of amides is 1. The van der Waals surface area contributed by atoms with Crippen LogP contribution in [0.15, 0.2) is 35.4 Å². The Balaban J connectivity index is 1.86. The molecule has 1 N–H and O–H groups in total. The van der Waals surface area contributed by atoms with Gasteiger partial charge in [0.1, 0.15) is 5.71 Å². The largest absolute Gasteiger partial charge is 0.480 e. The van der Waals surface area contributed by atoms with Gasteiger partial charge >= 0.3 is 11.9 Å². The number of carbonyl (C=O) groups is 3. The molecule has 1 fully saturated rings. The van der Waals surface area contributed by atoms with Crippen molar-refractivity contribution >= 4 is 29.2 Å². The van der Waals surface area contributed by atoms with Gasteiger partial charge in [-0.25, -0.2) is 9.59 Å². The fourth-order valence-corrected chi connectivity index (χ4v) is 2.99. The van der Waals surface area contributed by atoms with Gasteiger partial charge in [-0.15, -0.1) is 0 Å². The quantitative estimate of drug-likeness (QED) is 0.758. The number of para-hydroxylation sites is 1. The molecule has 9 nitrogen and oxygen atoms in total. The van der Waals surface area contributed by atoms with Crippen LogP contribution in [-0.4, -0.2) is 72.5 Å². The van der Waals surface area contributed by atoms with E-state index in [1.807, 2.05) is 0 Å². The minimum atomic E-state index is -1.08. The van der Waals surface area contributed by atoms with Gasteiger partial charge in [0.05, 0.1) is 26.0 Å². The van der Waals surface area contributed by atoms with E-state index in [4.69, 9.17) is 9.47 Å². The van der Waals surface area contributed by atoms with Crippen molar-refractivity contribution < 1.29 is 29.0 Å². The van der Waals surface area contributed by atoms with Crippen LogP contribution in [0.3, 0.4) is 0 Å². The second-order valence-corrected chi connectivity index (χ2v) is 5.90. The normalized spacial score (nSPS) is 22.7. The van der Waals surface area contributed by atoms with Gasteiger partial charge in [-0.2, -0.15) is 5.10 Å². The van der Waals surface area contributed by atoms with Gasteiger partial charge in [0.15, 0.2) is 12.1 Å². The lowest BCUT2D eigenvalue weighted by Crippen LogP contribution is -2.54. The number of anilines is 1. The first-order valence-electron chi connectivity index (χ1n) is 8.14. The number of morpholine rings is 1. The second kappa shape index (κ2) is 7.52. The highest BCUT2D eigenvalue weighted by Crippen LogP contribution is 2.26. The van der Waals surface area contributed by atoms with Crippen molar-refractivity contribution in [2.75, 3.05) is 31.9 Å². The maximum atomic E-state index is 12.9. The number of aliphatic carboxylic acids is 1. The number of rotatable bonds is 4. The summed E-state index contributed by atoms with van der Waals surface area (Å²) in [7, 11) is 1.24. The van der Waals surface area contributed by atoms with Crippen molar-refractivity contribution in [3.63, 3.8) is 0 Å². The molecule has 1 aromatic rings. The molecule has 2 aliphatic heterocycles. The van der Waals surface area contributed by atoms with Crippen LogP contribution in [0.25, 0.3) is 0 Å². The molecule has 1 amide bonds. The number of benzene rings is 1. The van der Waals surface area contributed by atoms with Gasteiger partial charge in [0, 0.05) is 13.0 Å². The van der Waals surface area contributed by atoms with Gasteiger partial charge in [-0.05, 0) is 12.1 Å². The summed E-state index contributed by atoms with van der Waals surface area (Å²) >= 11 is 0. The smallest absolute Gasteiger partial charge is 0.331 e. The van der Waals surface area contributed by atoms with Gasteiger partial charge < -0.3 is 19.5 Å². The molecule has 2 heterocycles. The Morgan fingerprint density at radius 2 is 1.96 bits per heavy atom. The van der Waals surface area contributed by atoms with E-state index in [9.17, 15) is 19.5 Å². The lowest BCUT2D eigenvalue weighted by Gasteiger charge is -2.33. The first-order valence-corrected chi connectivity index (χ1v) is 8.14. The van der Waals surface area contributed by atoms with E-state index in [0.29, 0.717) is 5.69 Å². The molecular weight excluding hydrogens is 342 g/mol. The molecule has 0 aliphatic carbocycles. The number of carboxylic acids is 1. The minimum Gasteiger partial charge on any atom is -0.480 e. The van der Waals surface area contributed by atoms with Crippen molar-refractivity contribution in [3.8, 4) is 0 Å². The Kier molecular flexibility index (Phi) is 5.17. The lowest BCUT2D eigenvalue weighted by molar-refractivity contribution is -0.158. The van der Waals surface area contributed by atoms with Crippen LogP contribution >= 0.6 is 0 Å². The Labute approximate surface area is 149 Å².